The van der Waals surface area contributed by atoms with E-state index in [4.69, 9.17) is 10.00 Å². The van der Waals surface area contributed by atoms with Crippen LogP contribution in [0.1, 0.15) is 5.56 Å². The molecule has 1 N–H and O–H groups in total. The van der Waals surface area contributed by atoms with Crippen LogP contribution in [-0.2, 0) is 0 Å². The molecule has 0 fully saturated rings. The molecule has 0 aliphatic rings. The van der Waals surface area contributed by atoms with Crippen LogP contribution in [0.2, 0.25) is 0 Å². The van der Waals surface area contributed by atoms with Gasteiger partial charge in [-0.25, -0.2) is 4.98 Å². The molecule has 0 unspecified atom stereocenters. The molecular weight excluding hydrogens is 294 g/mol. The van der Waals surface area contributed by atoms with Gasteiger partial charge in [0.15, 0.2) is 0 Å². The van der Waals surface area contributed by atoms with Gasteiger partial charge in [-0.05, 0) is 34.1 Å². The predicted molar refractivity (Wildman–Crippen MR) is 72.9 cm³/mol. The third kappa shape index (κ3) is 2.79. The van der Waals surface area contributed by atoms with E-state index in [1.807, 2.05) is 30.3 Å². The summed E-state index contributed by atoms with van der Waals surface area (Å²) in [5, 5.41) is 11.9. The van der Waals surface area contributed by atoms with Crippen LogP contribution in [-0.4, -0.2) is 12.1 Å². The van der Waals surface area contributed by atoms with Gasteiger partial charge < -0.3 is 10.1 Å². The normalized spacial score (nSPS) is 9.61. The predicted octanol–water partition coefficient (Wildman–Crippen LogP) is 3.47. The van der Waals surface area contributed by atoms with E-state index in [9.17, 15) is 0 Å². The lowest BCUT2D eigenvalue weighted by Crippen LogP contribution is -1.95. The summed E-state index contributed by atoms with van der Waals surface area (Å²) in [5.41, 5.74) is 1.38. The van der Waals surface area contributed by atoms with E-state index in [2.05, 4.69) is 26.2 Å². The molecule has 0 saturated heterocycles. The highest BCUT2D eigenvalue weighted by Crippen LogP contribution is 2.26. The van der Waals surface area contributed by atoms with Crippen molar-refractivity contribution in [1.29, 1.82) is 5.26 Å². The molecule has 0 saturated carbocycles. The molecule has 90 valence electrons. The first kappa shape index (κ1) is 12.4. The summed E-state index contributed by atoms with van der Waals surface area (Å²) in [6.45, 7) is 0. The van der Waals surface area contributed by atoms with Crippen LogP contribution >= 0.6 is 15.9 Å². The van der Waals surface area contributed by atoms with Gasteiger partial charge in [0.2, 0.25) is 0 Å². The second-order valence-corrected chi connectivity index (χ2v) is 4.38. The molecule has 0 amide bonds. The van der Waals surface area contributed by atoms with Gasteiger partial charge in [-0.15, -0.1) is 0 Å². The molecule has 5 heteroatoms. The molecule has 2 aromatic rings. The van der Waals surface area contributed by atoms with Crippen LogP contribution in [0, 0.1) is 11.3 Å². The molecule has 1 aromatic carbocycles. The molecule has 1 heterocycles. The number of hydrogen-bond donors (Lipinski definition) is 1. The standard InChI is InChI=1S/C13H10BrN3O/c1-18-11-4-2-3-10(6-11)17-13-12(14)5-9(7-15)8-16-13/h2-6,8H,1H3,(H,16,17). The molecule has 18 heavy (non-hydrogen) atoms. The summed E-state index contributed by atoms with van der Waals surface area (Å²) >= 11 is 3.37. The quantitative estimate of drug-likeness (QED) is 0.943. The maximum absolute atomic E-state index is 8.76. The molecule has 0 atom stereocenters. The first-order valence-electron chi connectivity index (χ1n) is 5.19. The van der Waals surface area contributed by atoms with Gasteiger partial charge in [-0.2, -0.15) is 5.26 Å². The number of hydrogen-bond acceptors (Lipinski definition) is 4. The van der Waals surface area contributed by atoms with Gasteiger partial charge >= 0.3 is 0 Å². The summed E-state index contributed by atoms with van der Waals surface area (Å²) in [4.78, 5) is 4.18. The van der Waals surface area contributed by atoms with Crippen molar-refractivity contribution < 1.29 is 4.74 Å². The Morgan fingerprint density at radius 1 is 1.39 bits per heavy atom. The monoisotopic (exact) mass is 303 g/mol. The van der Waals surface area contributed by atoms with E-state index in [1.54, 1.807) is 13.2 Å². The second-order valence-electron chi connectivity index (χ2n) is 3.52. The molecule has 4 nitrogen and oxygen atoms in total. The van der Waals surface area contributed by atoms with Crippen molar-refractivity contribution in [1.82, 2.24) is 4.98 Å². The van der Waals surface area contributed by atoms with Crippen molar-refractivity contribution in [2.45, 2.75) is 0 Å². The van der Waals surface area contributed by atoms with Crippen LogP contribution in [0.15, 0.2) is 41.0 Å². The Kier molecular flexibility index (Phi) is 3.80. The van der Waals surface area contributed by atoms with E-state index < -0.39 is 0 Å². The number of nitrogens with one attached hydrogen (secondary N) is 1. The highest BCUT2D eigenvalue weighted by molar-refractivity contribution is 9.10. The van der Waals surface area contributed by atoms with Gasteiger partial charge in [0.1, 0.15) is 17.6 Å². The van der Waals surface area contributed by atoms with Crippen LogP contribution < -0.4 is 10.1 Å². The number of ether oxygens (including phenoxy) is 1. The third-order valence-electron chi connectivity index (χ3n) is 2.30. The van der Waals surface area contributed by atoms with Gasteiger partial charge in [0.05, 0.1) is 17.1 Å². The molecule has 0 aliphatic carbocycles. The minimum Gasteiger partial charge on any atom is -0.497 e. The summed E-state index contributed by atoms with van der Waals surface area (Å²) in [6, 6.07) is 11.3. The maximum atomic E-state index is 8.76. The number of halogens is 1. The zero-order chi connectivity index (χ0) is 13.0. The molecular formula is C13H10BrN3O. The van der Waals surface area contributed by atoms with Crippen LogP contribution in [0.3, 0.4) is 0 Å². The van der Waals surface area contributed by atoms with E-state index in [0.717, 1.165) is 15.9 Å². The van der Waals surface area contributed by atoms with Gasteiger partial charge in [0, 0.05) is 18.0 Å². The zero-order valence-corrected chi connectivity index (χ0v) is 11.2. The van der Waals surface area contributed by atoms with E-state index >= 15 is 0 Å². The van der Waals surface area contributed by atoms with Crippen molar-refractivity contribution in [2.24, 2.45) is 0 Å². The minimum absolute atomic E-state index is 0.512. The average Bonchev–Trinajstić information content (AvgIpc) is 2.41. The number of nitriles is 1. The van der Waals surface area contributed by atoms with Crippen molar-refractivity contribution in [2.75, 3.05) is 12.4 Å². The Morgan fingerprint density at radius 3 is 2.89 bits per heavy atom. The average molecular weight is 304 g/mol. The van der Waals surface area contributed by atoms with Gasteiger partial charge in [-0.3, -0.25) is 0 Å². The number of aromatic nitrogens is 1. The fourth-order valence-corrected chi connectivity index (χ4v) is 1.88. The van der Waals surface area contributed by atoms with Gasteiger partial charge in [0.25, 0.3) is 0 Å². The number of rotatable bonds is 3. The summed E-state index contributed by atoms with van der Waals surface area (Å²) in [7, 11) is 1.62. The van der Waals surface area contributed by atoms with Crippen molar-refractivity contribution >= 4 is 27.4 Å². The molecule has 0 spiro atoms. The lowest BCUT2D eigenvalue weighted by Gasteiger charge is -2.08. The topological polar surface area (TPSA) is 57.9 Å². The number of nitrogens with zero attached hydrogens (tertiary/aromatic N) is 2. The highest BCUT2D eigenvalue weighted by atomic mass is 79.9. The van der Waals surface area contributed by atoms with Crippen LogP contribution in [0.25, 0.3) is 0 Å². The fraction of sp³-hybridized carbons (Fsp3) is 0.0769. The first-order valence-corrected chi connectivity index (χ1v) is 5.99. The fourth-order valence-electron chi connectivity index (χ4n) is 1.43. The van der Waals surface area contributed by atoms with E-state index in [-0.39, 0.29) is 0 Å². The minimum atomic E-state index is 0.512. The number of benzene rings is 1. The summed E-state index contributed by atoms with van der Waals surface area (Å²) in [6.07, 6.45) is 1.52. The lowest BCUT2D eigenvalue weighted by molar-refractivity contribution is 0.415. The van der Waals surface area contributed by atoms with Gasteiger partial charge in [-0.1, -0.05) is 6.07 Å². The lowest BCUT2D eigenvalue weighted by atomic mass is 10.3. The Morgan fingerprint density at radius 2 is 2.22 bits per heavy atom. The molecule has 0 bridgehead atoms. The maximum Gasteiger partial charge on any atom is 0.144 e. The molecule has 1 aromatic heterocycles. The third-order valence-corrected chi connectivity index (χ3v) is 2.91. The second kappa shape index (κ2) is 5.52. The summed E-state index contributed by atoms with van der Waals surface area (Å²) in [5.74, 6) is 1.42. The largest absolute Gasteiger partial charge is 0.497 e. The first-order chi connectivity index (χ1) is 8.72. The van der Waals surface area contributed by atoms with E-state index in [0.29, 0.717) is 11.4 Å². The molecule has 2 rings (SSSR count). The van der Waals surface area contributed by atoms with Crippen LogP contribution in [0.5, 0.6) is 5.75 Å². The van der Waals surface area contributed by atoms with E-state index in [1.165, 1.54) is 6.20 Å². The Balaban J connectivity index is 2.26. The Hall–Kier alpha value is -2.06. The smallest absolute Gasteiger partial charge is 0.144 e. The SMILES string of the molecule is COc1cccc(Nc2ncc(C#N)cc2Br)c1. The van der Waals surface area contributed by atoms with Crippen LogP contribution in [0.4, 0.5) is 11.5 Å². The number of anilines is 2. The summed E-state index contributed by atoms with van der Waals surface area (Å²) < 4.78 is 5.88. The Bertz CT molecular complexity index is 607. The number of methoxy groups -OCH3 is 1. The highest BCUT2D eigenvalue weighted by Gasteiger charge is 2.04. The number of pyridine rings is 1. The van der Waals surface area contributed by atoms with Crippen molar-refractivity contribution in [3.63, 3.8) is 0 Å². The Labute approximate surface area is 113 Å². The van der Waals surface area contributed by atoms with Crippen molar-refractivity contribution in [3.8, 4) is 11.8 Å². The van der Waals surface area contributed by atoms with Crippen molar-refractivity contribution in [3.05, 3.63) is 46.6 Å². The molecule has 0 radical (unpaired) electrons. The molecule has 0 aliphatic heterocycles. The zero-order valence-electron chi connectivity index (χ0n) is 9.64.